The molecule has 3 amide bonds. The fraction of sp³-hybridized carbons (Fsp3) is 0.320. The number of urea groups is 1. The summed E-state index contributed by atoms with van der Waals surface area (Å²) in [4.78, 5) is 54.0. The Hall–Kier alpha value is -3.66. The van der Waals surface area contributed by atoms with Gasteiger partial charge in [-0.1, -0.05) is 55.9 Å². The summed E-state index contributed by atoms with van der Waals surface area (Å²) in [7, 11) is 1.28. The number of imide groups is 1. The van der Waals surface area contributed by atoms with E-state index in [0.29, 0.717) is 35.6 Å². The minimum atomic E-state index is -0.569. The summed E-state index contributed by atoms with van der Waals surface area (Å²) in [6.45, 7) is 4.69. The number of carbonyl (C=O) groups excluding carboxylic acids is 3. The van der Waals surface area contributed by atoms with Crippen LogP contribution in [-0.4, -0.2) is 46.9 Å². The summed E-state index contributed by atoms with van der Waals surface area (Å²) in [5, 5.41) is 5.57. The van der Waals surface area contributed by atoms with Crippen molar-refractivity contribution in [1.29, 1.82) is 0 Å². The van der Waals surface area contributed by atoms with E-state index >= 15 is 0 Å². The summed E-state index contributed by atoms with van der Waals surface area (Å²) < 4.78 is 6.28. The largest absolute Gasteiger partial charge is 0.465 e. The Morgan fingerprint density at radius 2 is 1.86 bits per heavy atom. The van der Waals surface area contributed by atoms with Crippen LogP contribution in [0.4, 0.5) is 4.79 Å². The molecule has 2 aromatic carbocycles. The first-order valence-electron chi connectivity index (χ1n) is 11.2. The van der Waals surface area contributed by atoms with Gasteiger partial charge in [0.25, 0.3) is 5.56 Å². The van der Waals surface area contributed by atoms with E-state index in [4.69, 9.17) is 4.74 Å². The second kappa shape index (κ2) is 12.2. The van der Waals surface area contributed by atoms with Crippen LogP contribution in [0, 0.1) is 5.92 Å². The number of rotatable bonds is 9. The molecule has 0 aliphatic rings. The van der Waals surface area contributed by atoms with Gasteiger partial charge in [0.1, 0.15) is 0 Å². The van der Waals surface area contributed by atoms with Crippen LogP contribution in [0.15, 0.2) is 58.5 Å². The maximum Gasteiger partial charge on any atom is 0.337 e. The number of nitrogens with zero attached hydrogens (tertiary/aromatic N) is 2. The fourth-order valence-electron chi connectivity index (χ4n) is 3.27. The monoisotopic (exact) mass is 496 g/mol. The van der Waals surface area contributed by atoms with Gasteiger partial charge in [-0.15, -0.1) is 0 Å². The molecule has 0 unspecified atom stereocenters. The van der Waals surface area contributed by atoms with Crippen molar-refractivity contribution in [1.82, 2.24) is 20.2 Å². The highest BCUT2D eigenvalue weighted by Crippen LogP contribution is 2.20. The Labute approximate surface area is 207 Å². The van der Waals surface area contributed by atoms with E-state index in [2.05, 4.69) is 15.6 Å². The Kier molecular flexibility index (Phi) is 9.02. The van der Waals surface area contributed by atoms with Crippen LogP contribution >= 0.6 is 11.8 Å². The minimum Gasteiger partial charge on any atom is -0.465 e. The molecule has 35 heavy (non-hydrogen) atoms. The summed E-state index contributed by atoms with van der Waals surface area (Å²) in [6, 6.07) is 13.7. The molecule has 0 atom stereocenters. The zero-order valence-electron chi connectivity index (χ0n) is 19.9. The second-order valence-electron chi connectivity index (χ2n) is 8.25. The van der Waals surface area contributed by atoms with Crippen LogP contribution in [0.2, 0.25) is 0 Å². The fourth-order valence-corrected chi connectivity index (χ4v) is 4.10. The molecule has 184 valence electrons. The topological polar surface area (TPSA) is 119 Å². The quantitative estimate of drug-likeness (QED) is 0.265. The van der Waals surface area contributed by atoms with Crippen LogP contribution < -0.4 is 16.2 Å². The second-order valence-corrected chi connectivity index (χ2v) is 9.19. The van der Waals surface area contributed by atoms with Gasteiger partial charge in [-0.05, 0) is 36.1 Å². The first-order chi connectivity index (χ1) is 16.8. The van der Waals surface area contributed by atoms with Crippen molar-refractivity contribution in [3.8, 4) is 0 Å². The summed E-state index contributed by atoms with van der Waals surface area (Å²) in [6.07, 6.45) is 0.589. The third-order valence-electron chi connectivity index (χ3n) is 5.06. The lowest BCUT2D eigenvalue weighted by Gasteiger charge is -2.14. The number of fused-ring (bicyclic) bond motifs is 1. The average Bonchev–Trinajstić information content (AvgIpc) is 2.85. The third kappa shape index (κ3) is 7.16. The normalized spacial score (nSPS) is 10.9. The molecule has 0 aliphatic heterocycles. The van der Waals surface area contributed by atoms with Gasteiger partial charge in [0, 0.05) is 13.1 Å². The van der Waals surface area contributed by atoms with E-state index in [0.717, 1.165) is 17.3 Å². The SMILES string of the molecule is COC(=O)c1ccc2c(=O)n(CCc3ccccc3)c(SCC(=O)NC(=O)NCC(C)C)nc2c1. The average molecular weight is 497 g/mol. The number of carbonyl (C=O) groups is 3. The highest BCUT2D eigenvalue weighted by molar-refractivity contribution is 7.99. The molecule has 0 saturated carbocycles. The Balaban J connectivity index is 1.86. The van der Waals surface area contributed by atoms with E-state index < -0.39 is 17.9 Å². The molecular formula is C25H28N4O5S. The summed E-state index contributed by atoms with van der Waals surface area (Å²) >= 11 is 1.05. The molecule has 1 aromatic heterocycles. The van der Waals surface area contributed by atoms with Crippen molar-refractivity contribution in [2.24, 2.45) is 5.92 Å². The third-order valence-corrected chi connectivity index (χ3v) is 6.04. The molecule has 10 heteroatoms. The predicted octanol–water partition coefficient (Wildman–Crippen LogP) is 3.00. The zero-order valence-corrected chi connectivity index (χ0v) is 20.7. The van der Waals surface area contributed by atoms with Crippen LogP contribution in [0.5, 0.6) is 0 Å². The molecule has 3 rings (SSSR count). The van der Waals surface area contributed by atoms with Crippen LogP contribution in [-0.2, 0) is 22.5 Å². The maximum atomic E-state index is 13.3. The Bertz CT molecular complexity index is 1270. The number of benzene rings is 2. The van der Waals surface area contributed by atoms with E-state index in [1.807, 2.05) is 44.2 Å². The molecule has 9 nitrogen and oxygen atoms in total. The molecule has 0 fully saturated rings. The number of aryl methyl sites for hydroxylation is 1. The lowest BCUT2D eigenvalue weighted by Crippen LogP contribution is -2.41. The zero-order chi connectivity index (χ0) is 25.4. The molecule has 0 radical (unpaired) electrons. The molecule has 0 saturated heterocycles. The number of esters is 1. The molecule has 2 N–H and O–H groups in total. The number of nitrogens with one attached hydrogen (secondary N) is 2. The molecule has 3 aromatic rings. The highest BCUT2D eigenvalue weighted by atomic mass is 32.2. The van der Waals surface area contributed by atoms with E-state index in [9.17, 15) is 19.2 Å². The number of aromatic nitrogens is 2. The van der Waals surface area contributed by atoms with Crippen LogP contribution in [0.1, 0.15) is 29.8 Å². The van der Waals surface area contributed by atoms with E-state index in [1.165, 1.54) is 23.8 Å². The van der Waals surface area contributed by atoms with Crippen LogP contribution in [0.25, 0.3) is 10.9 Å². The lowest BCUT2D eigenvalue weighted by atomic mass is 10.1. The van der Waals surface area contributed by atoms with Gasteiger partial charge < -0.3 is 10.1 Å². The summed E-state index contributed by atoms with van der Waals surface area (Å²) in [5.41, 5.74) is 1.37. The molecule has 0 aliphatic carbocycles. The van der Waals surface area contributed by atoms with Crippen LogP contribution in [0.3, 0.4) is 0 Å². The van der Waals surface area contributed by atoms with Gasteiger partial charge in [-0.25, -0.2) is 14.6 Å². The smallest absolute Gasteiger partial charge is 0.337 e. The first kappa shape index (κ1) is 26.0. The number of thioether (sulfide) groups is 1. The molecule has 1 heterocycles. The standard InChI is InChI=1S/C25H28N4O5S/c1-16(2)14-26-24(33)28-21(30)15-35-25-27-20-13-18(23(32)34-3)9-10-19(20)22(31)29(25)12-11-17-7-5-4-6-8-17/h4-10,13,16H,11-12,14-15H2,1-3H3,(H2,26,28,30,33). The highest BCUT2D eigenvalue weighted by Gasteiger charge is 2.16. The maximum absolute atomic E-state index is 13.3. The van der Waals surface area contributed by atoms with Crippen molar-refractivity contribution in [2.75, 3.05) is 19.4 Å². The predicted molar refractivity (Wildman–Crippen MR) is 135 cm³/mol. The van der Waals surface area contributed by atoms with Crippen molar-refractivity contribution in [2.45, 2.75) is 32.0 Å². The van der Waals surface area contributed by atoms with Crippen molar-refractivity contribution in [3.63, 3.8) is 0 Å². The van der Waals surface area contributed by atoms with Gasteiger partial charge >= 0.3 is 12.0 Å². The van der Waals surface area contributed by atoms with Crippen molar-refractivity contribution >= 4 is 40.6 Å². The van der Waals surface area contributed by atoms with Gasteiger partial charge in [-0.3, -0.25) is 19.5 Å². The number of amides is 3. The molecule has 0 bridgehead atoms. The van der Waals surface area contributed by atoms with E-state index in [-0.39, 0.29) is 22.8 Å². The van der Waals surface area contributed by atoms with Gasteiger partial charge in [0.05, 0.1) is 29.3 Å². The van der Waals surface area contributed by atoms with Crippen molar-refractivity contribution in [3.05, 3.63) is 70.0 Å². The number of hydrogen-bond donors (Lipinski definition) is 2. The number of ether oxygens (including phenoxy) is 1. The number of methoxy groups -OCH3 is 1. The lowest BCUT2D eigenvalue weighted by molar-refractivity contribution is -0.117. The molecular weight excluding hydrogens is 468 g/mol. The first-order valence-corrected chi connectivity index (χ1v) is 12.1. The van der Waals surface area contributed by atoms with Gasteiger partial charge in [0.2, 0.25) is 5.91 Å². The van der Waals surface area contributed by atoms with Gasteiger partial charge in [0.15, 0.2) is 5.16 Å². The molecule has 0 spiro atoms. The number of hydrogen-bond acceptors (Lipinski definition) is 7. The minimum absolute atomic E-state index is 0.116. The van der Waals surface area contributed by atoms with E-state index in [1.54, 1.807) is 6.07 Å². The van der Waals surface area contributed by atoms with Gasteiger partial charge in [-0.2, -0.15) is 0 Å². The summed E-state index contributed by atoms with van der Waals surface area (Å²) in [5.74, 6) is -0.915. The van der Waals surface area contributed by atoms with Crippen molar-refractivity contribution < 1.29 is 19.1 Å². The Morgan fingerprint density at radius 3 is 2.54 bits per heavy atom. The Morgan fingerprint density at radius 1 is 1.11 bits per heavy atom.